The summed E-state index contributed by atoms with van der Waals surface area (Å²) in [6, 6.07) is 9.79. The molecule has 1 aromatic heterocycles. The zero-order chi connectivity index (χ0) is 10.8. The second-order valence-electron chi connectivity index (χ2n) is 3.60. The van der Waals surface area contributed by atoms with Gasteiger partial charge >= 0.3 is 0 Å². The Balaban J connectivity index is 2.33. The highest BCUT2D eigenvalue weighted by Gasteiger charge is 2.08. The zero-order valence-corrected chi connectivity index (χ0v) is 8.86. The SMILES string of the molecule is Cc1on(Cc2ccccc2)c(=O)c1C. The number of aryl methyl sites for hydroxylation is 1. The topological polar surface area (TPSA) is 35.1 Å². The average Bonchev–Trinajstić information content (AvgIpc) is 2.48. The zero-order valence-electron chi connectivity index (χ0n) is 8.86. The van der Waals surface area contributed by atoms with Crippen molar-refractivity contribution in [1.29, 1.82) is 0 Å². The van der Waals surface area contributed by atoms with Gasteiger partial charge in [0.2, 0.25) is 0 Å². The third-order valence-corrected chi connectivity index (χ3v) is 2.49. The fourth-order valence-electron chi connectivity index (χ4n) is 1.47. The molecule has 0 aliphatic carbocycles. The Morgan fingerprint density at radius 3 is 2.40 bits per heavy atom. The predicted molar refractivity (Wildman–Crippen MR) is 58.0 cm³/mol. The van der Waals surface area contributed by atoms with Crippen LogP contribution in [0.5, 0.6) is 0 Å². The summed E-state index contributed by atoms with van der Waals surface area (Å²) in [5.74, 6) is 0.691. The Labute approximate surface area is 87.9 Å². The lowest BCUT2D eigenvalue weighted by atomic mass is 10.2. The van der Waals surface area contributed by atoms with E-state index in [2.05, 4.69) is 0 Å². The Kier molecular flexibility index (Phi) is 2.46. The Morgan fingerprint density at radius 2 is 1.87 bits per heavy atom. The second kappa shape index (κ2) is 3.77. The van der Waals surface area contributed by atoms with E-state index in [1.807, 2.05) is 30.3 Å². The van der Waals surface area contributed by atoms with Gasteiger partial charge in [-0.15, -0.1) is 0 Å². The van der Waals surface area contributed by atoms with Crippen LogP contribution in [0.4, 0.5) is 0 Å². The highest BCUT2D eigenvalue weighted by atomic mass is 16.5. The van der Waals surface area contributed by atoms with Crippen LogP contribution in [-0.2, 0) is 6.54 Å². The minimum Gasteiger partial charge on any atom is -0.381 e. The fraction of sp³-hybridized carbons (Fsp3) is 0.250. The molecule has 0 atom stereocenters. The van der Waals surface area contributed by atoms with Crippen molar-refractivity contribution >= 4 is 0 Å². The molecule has 0 bridgehead atoms. The molecule has 0 amide bonds. The molecule has 0 N–H and O–H groups in total. The van der Waals surface area contributed by atoms with Crippen LogP contribution < -0.4 is 5.56 Å². The van der Waals surface area contributed by atoms with Gasteiger partial charge in [0.1, 0.15) is 5.76 Å². The molecule has 0 fully saturated rings. The summed E-state index contributed by atoms with van der Waals surface area (Å²) >= 11 is 0. The lowest BCUT2D eigenvalue weighted by Crippen LogP contribution is -2.16. The molecule has 2 rings (SSSR count). The fourth-order valence-corrected chi connectivity index (χ4v) is 1.47. The summed E-state index contributed by atoms with van der Waals surface area (Å²) in [6.07, 6.45) is 0. The number of rotatable bonds is 2. The molecule has 0 unspecified atom stereocenters. The Hall–Kier alpha value is -1.77. The molecule has 3 nitrogen and oxygen atoms in total. The first-order valence-corrected chi connectivity index (χ1v) is 4.89. The Morgan fingerprint density at radius 1 is 1.20 bits per heavy atom. The average molecular weight is 203 g/mol. The molecule has 0 saturated carbocycles. The molecule has 1 heterocycles. The van der Waals surface area contributed by atoms with Gasteiger partial charge in [-0.25, -0.2) is 0 Å². The van der Waals surface area contributed by atoms with Gasteiger partial charge in [-0.1, -0.05) is 30.3 Å². The molecule has 3 heteroatoms. The summed E-state index contributed by atoms with van der Waals surface area (Å²) in [7, 11) is 0. The van der Waals surface area contributed by atoms with Crippen molar-refractivity contribution in [2.24, 2.45) is 0 Å². The monoisotopic (exact) mass is 203 g/mol. The van der Waals surface area contributed by atoms with Crippen LogP contribution in [0.15, 0.2) is 39.6 Å². The van der Waals surface area contributed by atoms with Gasteiger partial charge in [-0.05, 0) is 19.4 Å². The summed E-state index contributed by atoms with van der Waals surface area (Å²) in [4.78, 5) is 11.7. The largest absolute Gasteiger partial charge is 0.381 e. The van der Waals surface area contributed by atoms with Crippen LogP contribution >= 0.6 is 0 Å². The lowest BCUT2D eigenvalue weighted by molar-refractivity contribution is 0.264. The van der Waals surface area contributed by atoms with E-state index in [0.717, 1.165) is 5.56 Å². The highest BCUT2D eigenvalue weighted by Crippen LogP contribution is 2.05. The molecule has 2 aromatic rings. The van der Waals surface area contributed by atoms with Crippen molar-refractivity contribution < 1.29 is 4.52 Å². The standard InChI is InChI=1S/C12H13NO2/c1-9-10(2)15-13(12(9)14)8-11-6-4-3-5-7-11/h3-7H,8H2,1-2H3. The molecule has 15 heavy (non-hydrogen) atoms. The van der Waals surface area contributed by atoms with Gasteiger partial charge in [0.15, 0.2) is 0 Å². The van der Waals surface area contributed by atoms with Crippen molar-refractivity contribution in [1.82, 2.24) is 4.74 Å². The number of aromatic nitrogens is 1. The number of hydrogen-bond donors (Lipinski definition) is 0. The molecule has 1 aromatic carbocycles. The van der Waals surface area contributed by atoms with Crippen LogP contribution in [0.2, 0.25) is 0 Å². The van der Waals surface area contributed by atoms with Gasteiger partial charge in [-0.2, -0.15) is 4.74 Å². The quantitative estimate of drug-likeness (QED) is 0.749. The summed E-state index contributed by atoms with van der Waals surface area (Å²) in [6.45, 7) is 4.08. The molecule has 0 aliphatic rings. The summed E-state index contributed by atoms with van der Waals surface area (Å²) in [5.41, 5.74) is 1.70. The molecule has 0 aliphatic heterocycles. The molecule has 0 radical (unpaired) electrons. The third-order valence-electron chi connectivity index (χ3n) is 2.49. The normalized spacial score (nSPS) is 10.5. The van der Waals surface area contributed by atoms with E-state index in [0.29, 0.717) is 17.9 Å². The predicted octanol–water partition coefficient (Wildman–Crippen LogP) is 2.11. The molecule has 0 saturated heterocycles. The minimum absolute atomic E-state index is 0.0450. The van der Waals surface area contributed by atoms with Gasteiger partial charge in [-0.3, -0.25) is 4.79 Å². The molecule has 78 valence electrons. The van der Waals surface area contributed by atoms with E-state index in [-0.39, 0.29) is 5.56 Å². The van der Waals surface area contributed by atoms with Gasteiger partial charge in [0.25, 0.3) is 5.56 Å². The van der Waals surface area contributed by atoms with Crippen LogP contribution in [0.3, 0.4) is 0 Å². The first kappa shape index (κ1) is 9.77. The highest BCUT2D eigenvalue weighted by molar-refractivity contribution is 5.16. The molecular formula is C12H13NO2. The van der Waals surface area contributed by atoms with Crippen LogP contribution in [0, 0.1) is 13.8 Å². The lowest BCUT2D eigenvalue weighted by Gasteiger charge is -1.99. The van der Waals surface area contributed by atoms with E-state index >= 15 is 0 Å². The van der Waals surface area contributed by atoms with Crippen molar-refractivity contribution in [3.63, 3.8) is 0 Å². The van der Waals surface area contributed by atoms with Gasteiger partial charge in [0, 0.05) is 0 Å². The number of hydrogen-bond acceptors (Lipinski definition) is 2. The van der Waals surface area contributed by atoms with Crippen molar-refractivity contribution in [3.05, 3.63) is 57.6 Å². The maximum absolute atomic E-state index is 11.7. The first-order chi connectivity index (χ1) is 7.18. The second-order valence-corrected chi connectivity index (χ2v) is 3.60. The van der Waals surface area contributed by atoms with Crippen molar-refractivity contribution in [2.75, 3.05) is 0 Å². The van der Waals surface area contributed by atoms with E-state index in [4.69, 9.17) is 4.52 Å². The van der Waals surface area contributed by atoms with Crippen molar-refractivity contribution in [2.45, 2.75) is 20.4 Å². The van der Waals surface area contributed by atoms with E-state index < -0.39 is 0 Å². The van der Waals surface area contributed by atoms with E-state index in [1.54, 1.807) is 13.8 Å². The first-order valence-electron chi connectivity index (χ1n) is 4.89. The van der Waals surface area contributed by atoms with Crippen LogP contribution in [-0.4, -0.2) is 4.74 Å². The Bertz CT molecular complexity index is 508. The minimum atomic E-state index is -0.0450. The van der Waals surface area contributed by atoms with E-state index in [9.17, 15) is 4.79 Å². The van der Waals surface area contributed by atoms with Crippen LogP contribution in [0.1, 0.15) is 16.9 Å². The van der Waals surface area contributed by atoms with Crippen LogP contribution in [0.25, 0.3) is 0 Å². The smallest absolute Gasteiger partial charge is 0.285 e. The maximum atomic E-state index is 11.7. The third kappa shape index (κ3) is 1.86. The van der Waals surface area contributed by atoms with Gasteiger partial charge in [0.05, 0.1) is 12.1 Å². The molecule has 0 spiro atoms. The van der Waals surface area contributed by atoms with E-state index in [1.165, 1.54) is 4.74 Å². The summed E-state index contributed by atoms with van der Waals surface area (Å²) in [5, 5.41) is 0. The summed E-state index contributed by atoms with van der Waals surface area (Å²) < 4.78 is 6.74. The van der Waals surface area contributed by atoms with Crippen molar-refractivity contribution in [3.8, 4) is 0 Å². The number of nitrogens with zero attached hydrogens (tertiary/aromatic N) is 1. The number of benzene rings is 1. The maximum Gasteiger partial charge on any atom is 0.285 e. The molecular weight excluding hydrogens is 190 g/mol. The van der Waals surface area contributed by atoms with Gasteiger partial charge < -0.3 is 4.52 Å².